The summed E-state index contributed by atoms with van der Waals surface area (Å²) in [6.45, 7) is -2.87. The number of aliphatic hydroxyl groups is 8. The number of aliphatic hydroxyl groups excluding tert-OH is 8. The molecular formula is C21H37N3O17. The van der Waals surface area contributed by atoms with E-state index in [1.807, 2.05) is 0 Å². The number of carboxylic acids is 1. The van der Waals surface area contributed by atoms with E-state index in [0.717, 1.165) is 0 Å². The number of rotatable bonds is 10. The molecule has 15 N–H and O–H groups in total. The third-order valence-electron chi connectivity index (χ3n) is 7.00. The van der Waals surface area contributed by atoms with Gasteiger partial charge in [0.15, 0.2) is 18.9 Å². The maximum Gasteiger partial charge on any atom is 0.319 e. The first-order valence-electron chi connectivity index (χ1n) is 12.4. The molecule has 238 valence electrons. The fraction of sp³-hybridized carbons (Fsp3) is 0.905. The number of ether oxygens (including phenoxy) is 6. The molecule has 0 aromatic heterocycles. The zero-order valence-corrected chi connectivity index (χ0v) is 21.4. The summed E-state index contributed by atoms with van der Waals surface area (Å²) in [5.74, 6) is -5.80. The van der Waals surface area contributed by atoms with Crippen LogP contribution in [0.2, 0.25) is 0 Å². The maximum atomic E-state index is 12.0. The molecule has 2 unspecified atom stereocenters. The number of esters is 1. The summed E-state index contributed by atoms with van der Waals surface area (Å²) < 4.78 is 32.2. The Labute approximate surface area is 231 Å². The zero-order chi connectivity index (χ0) is 30.8. The van der Waals surface area contributed by atoms with Crippen LogP contribution in [-0.4, -0.2) is 169 Å². The minimum absolute atomic E-state index is 0.722. The molecule has 3 fully saturated rings. The van der Waals surface area contributed by atoms with Gasteiger partial charge in [0.1, 0.15) is 61.9 Å². The molecule has 0 amide bonds. The first kappa shape index (κ1) is 33.8. The van der Waals surface area contributed by atoms with Gasteiger partial charge in [0.05, 0.1) is 31.3 Å². The van der Waals surface area contributed by atoms with E-state index < -0.39 is 130 Å². The Balaban J connectivity index is 1.78. The highest BCUT2D eigenvalue weighted by molar-refractivity contribution is 5.90. The quantitative estimate of drug-likeness (QED) is 0.0814. The molecule has 20 heteroatoms. The normalized spacial score (nSPS) is 47.1. The van der Waals surface area contributed by atoms with E-state index in [1.165, 1.54) is 0 Å². The Morgan fingerprint density at radius 2 is 1.27 bits per heavy atom. The summed E-state index contributed by atoms with van der Waals surface area (Å²) in [7, 11) is 0. The summed E-state index contributed by atoms with van der Waals surface area (Å²) in [6, 6.07) is -4.46. The van der Waals surface area contributed by atoms with Crippen LogP contribution in [0.1, 0.15) is 6.42 Å². The van der Waals surface area contributed by atoms with Gasteiger partial charge in [-0.25, -0.2) is 0 Å². The van der Waals surface area contributed by atoms with E-state index >= 15 is 0 Å². The molecule has 3 aliphatic heterocycles. The number of hydrogen-bond acceptors (Lipinski definition) is 19. The molecule has 3 heterocycles. The molecule has 0 aromatic carbocycles. The summed E-state index contributed by atoms with van der Waals surface area (Å²) in [5.41, 5.74) is 17.6. The fourth-order valence-corrected chi connectivity index (χ4v) is 4.65. The van der Waals surface area contributed by atoms with Crippen LogP contribution in [0.3, 0.4) is 0 Å². The van der Waals surface area contributed by atoms with Gasteiger partial charge in [0.2, 0.25) is 0 Å². The number of carbonyl (C=O) groups excluding carboxylic acids is 1. The van der Waals surface area contributed by atoms with Crippen LogP contribution in [0, 0.1) is 0 Å². The van der Waals surface area contributed by atoms with Crippen LogP contribution in [0.5, 0.6) is 0 Å². The number of hydrogen-bond donors (Lipinski definition) is 12. The summed E-state index contributed by atoms with van der Waals surface area (Å²) >= 11 is 0. The Kier molecular flexibility index (Phi) is 11.3. The van der Waals surface area contributed by atoms with Crippen LogP contribution >= 0.6 is 0 Å². The minimum atomic E-state index is -2.74. The molecule has 15 atom stereocenters. The van der Waals surface area contributed by atoms with Crippen molar-refractivity contribution >= 4 is 11.9 Å². The first-order valence-corrected chi connectivity index (χ1v) is 12.4. The molecule has 0 saturated carbocycles. The van der Waals surface area contributed by atoms with Gasteiger partial charge < -0.3 is 91.6 Å². The predicted octanol–water partition coefficient (Wildman–Crippen LogP) is -8.33. The van der Waals surface area contributed by atoms with Crippen molar-refractivity contribution in [3.05, 3.63) is 0 Å². The second-order valence-corrected chi connectivity index (χ2v) is 9.82. The van der Waals surface area contributed by atoms with E-state index in [1.54, 1.807) is 0 Å². The number of carboxylic acid groups (broad SMARTS) is 1. The smallest absolute Gasteiger partial charge is 0.319 e. The molecule has 3 rings (SSSR count). The predicted molar refractivity (Wildman–Crippen MR) is 124 cm³/mol. The van der Waals surface area contributed by atoms with Gasteiger partial charge in [-0.15, -0.1) is 0 Å². The van der Waals surface area contributed by atoms with Gasteiger partial charge in [0, 0.05) is 0 Å². The van der Waals surface area contributed by atoms with Crippen molar-refractivity contribution in [2.45, 2.75) is 98.0 Å². The standard InChI is InChI=1S/C21H37N3O17/c22-9-12(31)15(5(2-25)36-18(9)35)38-19-10(23)13(32)16(6(3-26)37-19)39-20-11(24)14(33)17(34)21(4-27,41-20)40-8(30)1-7(28)29/h5-6,9-20,25-27,31-35H,1-4,22-24H2,(H,28,29)/t5-,6-,9-,10-,11-,12-,13-,14-,15?,16?,17+,18-,19+,20+,21+/m1/s1. The molecule has 20 nitrogen and oxygen atoms in total. The van der Waals surface area contributed by atoms with Crippen LogP contribution < -0.4 is 17.2 Å². The lowest BCUT2D eigenvalue weighted by molar-refractivity contribution is -0.399. The fourth-order valence-electron chi connectivity index (χ4n) is 4.65. The topological polar surface area (TPSA) is 350 Å². The Morgan fingerprint density at radius 1 is 0.756 bits per heavy atom. The lowest BCUT2D eigenvalue weighted by Crippen LogP contribution is -2.72. The Hall–Kier alpha value is -1.70. The Morgan fingerprint density at radius 3 is 1.80 bits per heavy atom. The van der Waals surface area contributed by atoms with E-state index in [0.29, 0.717) is 0 Å². The van der Waals surface area contributed by atoms with E-state index in [2.05, 4.69) is 0 Å². The number of aliphatic carboxylic acids is 1. The molecule has 0 radical (unpaired) electrons. The molecule has 0 spiro atoms. The van der Waals surface area contributed by atoms with Crippen LogP contribution in [0.4, 0.5) is 0 Å². The average Bonchev–Trinajstić information content (AvgIpc) is 2.93. The summed E-state index contributed by atoms with van der Waals surface area (Å²) in [5, 5.41) is 90.3. The SMILES string of the molecule is N[C@H]1[C@@H](OC2[C@@H](CO)O[C@@H](OC3[C@@H](CO)O[C@@H](O)[C@H](N)[C@H]3O)[C@H](N)[C@H]2O)O[C@](CO)(OC(=O)CC(=O)O)[C@@H](O)[C@@H]1O. The molecule has 0 bridgehead atoms. The molecular weight excluding hydrogens is 566 g/mol. The summed E-state index contributed by atoms with van der Waals surface area (Å²) in [6.07, 6.45) is -19.6. The highest BCUT2D eigenvalue weighted by atomic mass is 16.8. The Bertz CT molecular complexity index is 899. The molecule has 3 aliphatic rings. The summed E-state index contributed by atoms with van der Waals surface area (Å²) in [4.78, 5) is 22.8. The highest BCUT2D eigenvalue weighted by Crippen LogP contribution is 2.35. The molecule has 0 aliphatic carbocycles. The zero-order valence-electron chi connectivity index (χ0n) is 21.4. The largest absolute Gasteiger partial charge is 0.481 e. The lowest BCUT2D eigenvalue weighted by Gasteiger charge is -2.50. The van der Waals surface area contributed by atoms with Crippen molar-refractivity contribution in [3.8, 4) is 0 Å². The first-order chi connectivity index (χ1) is 19.2. The van der Waals surface area contributed by atoms with Crippen LogP contribution in [-0.2, 0) is 38.0 Å². The van der Waals surface area contributed by atoms with Gasteiger partial charge >= 0.3 is 11.9 Å². The third kappa shape index (κ3) is 6.94. The minimum Gasteiger partial charge on any atom is -0.481 e. The van der Waals surface area contributed by atoms with Gasteiger partial charge in [-0.05, 0) is 0 Å². The van der Waals surface area contributed by atoms with Crippen LogP contribution in [0.15, 0.2) is 0 Å². The van der Waals surface area contributed by atoms with Crippen molar-refractivity contribution in [1.82, 2.24) is 0 Å². The van der Waals surface area contributed by atoms with E-state index in [-0.39, 0.29) is 0 Å². The van der Waals surface area contributed by atoms with Crippen LogP contribution in [0.25, 0.3) is 0 Å². The number of carbonyl (C=O) groups is 2. The van der Waals surface area contributed by atoms with Crippen molar-refractivity contribution in [3.63, 3.8) is 0 Å². The maximum absolute atomic E-state index is 12.0. The monoisotopic (exact) mass is 603 g/mol. The highest BCUT2D eigenvalue weighted by Gasteiger charge is 2.58. The average molecular weight is 604 g/mol. The van der Waals surface area contributed by atoms with Crippen molar-refractivity contribution in [2.24, 2.45) is 17.2 Å². The van der Waals surface area contributed by atoms with Gasteiger partial charge in [-0.1, -0.05) is 0 Å². The van der Waals surface area contributed by atoms with E-state index in [4.69, 9.17) is 50.7 Å². The van der Waals surface area contributed by atoms with Gasteiger partial charge in [-0.3, -0.25) is 9.59 Å². The van der Waals surface area contributed by atoms with E-state index in [9.17, 15) is 50.4 Å². The van der Waals surface area contributed by atoms with Crippen molar-refractivity contribution < 1.29 is 84.0 Å². The molecule has 41 heavy (non-hydrogen) atoms. The third-order valence-corrected chi connectivity index (χ3v) is 7.00. The molecule has 0 aromatic rings. The van der Waals surface area contributed by atoms with Gasteiger partial charge in [0.25, 0.3) is 5.79 Å². The second-order valence-electron chi connectivity index (χ2n) is 9.82. The molecule has 3 saturated heterocycles. The lowest BCUT2D eigenvalue weighted by atomic mass is 9.93. The van der Waals surface area contributed by atoms with Crippen molar-refractivity contribution in [1.29, 1.82) is 0 Å². The second kappa shape index (κ2) is 13.7. The number of nitrogens with two attached hydrogens (primary N) is 3. The van der Waals surface area contributed by atoms with Crippen molar-refractivity contribution in [2.75, 3.05) is 19.8 Å². The van der Waals surface area contributed by atoms with Gasteiger partial charge in [-0.2, -0.15) is 0 Å².